The van der Waals surface area contributed by atoms with E-state index in [0.29, 0.717) is 0 Å². The third kappa shape index (κ3) is 3.26. The fourth-order valence-electron chi connectivity index (χ4n) is 0.305. The maximum absolute atomic E-state index is 10.4. The van der Waals surface area contributed by atoms with Crippen LogP contribution in [0, 0.1) is 12.3 Å². The molecule has 60 valence electrons. The van der Waals surface area contributed by atoms with Crippen molar-refractivity contribution in [2.45, 2.75) is 19.4 Å². The highest BCUT2D eigenvalue weighted by Crippen LogP contribution is 2.06. The fourth-order valence-corrected chi connectivity index (χ4v) is 0.305. The van der Waals surface area contributed by atoms with Crippen molar-refractivity contribution in [1.29, 1.82) is 0 Å². The van der Waals surface area contributed by atoms with Crippen LogP contribution in [-0.4, -0.2) is 22.6 Å². The summed E-state index contributed by atoms with van der Waals surface area (Å²) in [5.41, 5.74) is -1.16. The van der Waals surface area contributed by atoms with E-state index in [1.54, 1.807) is 0 Å². The summed E-state index contributed by atoms with van der Waals surface area (Å²) >= 11 is 0. The van der Waals surface area contributed by atoms with Crippen LogP contribution >= 0.6 is 0 Å². The van der Waals surface area contributed by atoms with Crippen molar-refractivity contribution in [2.75, 3.05) is 0 Å². The average molecular weight is 156 g/mol. The van der Waals surface area contributed by atoms with Crippen molar-refractivity contribution in [1.82, 2.24) is 0 Å². The van der Waals surface area contributed by atoms with Crippen LogP contribution in [0.5, 0.6) is 0 Å². The first-order valence-corrected chi connectivity index (χ1v) is 2.83. The van der Waals surface area contributed by atoms with Crippen molar-refractivity contribution in [3.8, 4) is 12.3 Å². The van der Waals surface area contributed by atoms with Gasteiger partial charge >= 0.3 is 11.9 Å². The zero-order valence-electron chi connectivity index (χ0n) is 6.25. The quantitative estimate of drug-likeness (QED) is 0.330. The van der Waals surface area contributed by atoms with Crippen molar-refractivity contribution in [3.05, 3.63) is 0 Å². The predicted molar refractivity (Wildman–Crippen MR) is 36.6 cm³/mol. The second kappa shape index (κ2) is 3.06. The van der Waals surface area contributed by atoms with E-state index >= 15 is 0 Å². The molecule has 0 aromatic heterocycles. The molecule has 0 saturated carbocycles. The highest BCUT2D eigenvalue weighted by Gasteiger charge is 2.23. The van der Waals surface area contributed by atoms with Gasteiger partial charge in [-0.15, -0.1) is 6.42 Å². The number of aliphatic carboxylic acids is 1. The Hall–Kier alpha value is -1.50. The van der Waals surface area contributed by atoms with Crippen LogP contribution in [-0.2, 0) is 14.3 Å². The molecular weight excluding hydrogens is 148 g/mol. The van der Waals surface area contributed by atoms with Gasteiger partial charge in [-0.05, 0) is 13.8 Å². The molecule has 4 heteroatoms. The molecule has 0 amide bonds. The number of ether oxygens (including phenoxy) is 1. The minimum Gasteiger partial charge on any atom is -0.473 e. The maximum Gasteiger partial charge on any atom is 0.418 e. The lowest BCUT2D eigenvalue weighted by Crippen LogP contribution is -2.30. The molecule has 0 aliphatic rings. The normalized spacial score (nSPS) is 9.91. The smallest absolute Gasteiger partial charge is 0.418 e. The summed E-state index contributed by atoms with van der Waals surface area (Å²) in [5.74, 6) is -0.864. The Kier molecular flexibility index (Phi) is 2.64. The fraction of sp³-hybridized carbons (Fsp3) is 0.429. The summed E-state index contributed by atoms with van der Waals surface area (Å²) in [6, 6.07) is 0. The van der Waals surface area contributed by atoms with Gasteiger partial charge in [-0.3, -0.25) is 0 Å². The zero-order valence-corrected chi connectivity index (χ0v) is 6.25. The van der Waals surface area contributed by atoms with Gasteiger partial charge in [0, 0.05) is 0 Å². The summed E-state index contributed by atoms with van der Waals surface area (Å²) < 4.78 is 4.37. The predicted octanol–water partition coefficient (Wildman–Crippen LogP) is 0.0260. The molecule has 0 aromatic rings. The van der Waals surface area contributed by atoms with E-state index in [1.807, 2.05) is 0 Å². The highest BCUT2D eigenvalue weighted by atomic mass is 16.6. The number of carbonyl (C=O) groups is 2. The molecule has 11 heavy (non-hydrogen) atoms. The molecule has 0 bridgehead atoms. The molecule has 0 atom stereocenters. The molecule has 4 nitrogen and oxygen atoms in total. The number of carboxylic acid groups (broad SMARTS) is 1. The SMILES string of the molecule is C#CC(C)(C)OC(=O)C(=O)O. The Labute approximate surface area is 64.2 Å². The second-order valence-corrected chi connectivity index (χ2v) is 2.35. The molecule has 0 unspecified atom stereocenters. The lowest BCUT2D eigenvalue weighted by atomic mass is 10.1. The number of carboxylic acids is 1. The van der Waals surface area contributed by atoms with Gasteiger partial charge in [-0.1, -0.05) is 5.92 Å². The van der Waals surface area contributed by atoms with Gasteiger partial charge in [-0.25, -0.2) is 9.59 Å². The molecule has 0 radical (unpaired) electrons. The van der Waals surface area contributed by atoms with E-state index in [0.717, 1.165) is 0 Å². The maximum atomic E-state index is 10.4. The first-order chi connectivity index (χ1) is 4.89. The summed E-state index contributed by atoms with van der Waals surface area (Å²) in [5, 5.41) is 8.10. The molecule has 0 spiro atoms. The number of terminal acetylenes is 1. The number of esters is 1. The van der Waals surface area contributed by atoms with Gasteiger partial charge in [-0.2, -0.15) is 0 Å². The van der Waals surface area contributed by atoms with Gasteiger partial charge in [0.1, 0.15) is 0 Å². The first-order valence-electron chi connectivity index (χ1n) is 2.83. The Balaban J connectivity index is 4.19. The van der Waals surface area contributed by atoms with Gasteiger partial charge in [0.05, 0.1) is 0 Å². The summed E-state index contributed by atoms with van der Waals surface area (Å²) in [4.78, 5) is 20.3. The van der Waals surface area contributed by atoms with Crippen LogP contribution in [0.3, 0.4) is 0 Å². The lowest BCUT2D eigenvalue weighted by Gasteiger charge is -2.16. The lowest BCUT2D eigenvalue weighted by molar-refractivity contribution is -0.169. The minimum atomic E-state index is -1.65. The van der Waals surface area contributed by atoms with E-state index in [4.69, 9.17) is 11.5 Å². The number of hydrogen-bond acceptors (Lipinski definition) is 3. The van der Waals surface area contributed by atoms with Crippen molar-refractivity contribution in [2.24, 2.45) is 0 Å². The third-order valence-electron chi connectivity index (χ3n) is 0.870. The standard InChI is InChI=1S/C7H8O4/c1-4-7(2,3)11-6(10)5(8)9/h1H,2-3H3,(H,8,9). The van der Waals surface area contributed by atoms with Crippen LogP contribution in [0.15, 0.2) is 0 Å². The van der Waals surface area contributed by atoms with E-state index in [-0.39, 0.29) is 0 Å². The largest absolute Gasteiger partial charge is 0.473 e. The van der Waals surface area contributed by atoms with Crippen LogP contribution in [0.1, 0.15) is 13.8 Å². The second-order valence-electron chi connectivity index (χ2n) is 2.35. The van der Waals surface area contributed by atoms with Gasteiger partial charge in [0.15, 0.2) is 5.60 Å². The van der Waals surface area contributed by atoms with Crippen molar-refractivity contribution in [3.63, 3.8) is 0 Å². The third-order valence-corrected chi connectivity index (χ3v) is 0.870. The Morgan fingerprint density at radius 1 is 1.55 bits per heavy atom. The summed E-state index contributed by atoms with van der Waals surface area (Å²) in [6.07, 6.45) is 4.93. The molecule has 0 aliphatic heterocycles. The molecule has 0 rings (SSSR count). The Bertz CT molecular complexity index is 221. The highest BCUT2D eigenvalue weighted by molar-refractivity contribution is 6.28. The molecule has 0 saturated heterocycles. The van der Waals surface area contributed by atoms with E-state index in [9.17, 15) is 9.59 Å². The summed E-state index contributed by atoms with van der Waals surface area (Å²) in [7, 11) is 0. The van der Waals surface area contributed by atoms with Crippen molar-refractivity contribution >= 4 is 11.9 Å². The number of hydrogen-bond donors (Lipinski definition) is 1. The zero-order chi connectivity index (χ0) is 9.07. The Morgan fingerprint density at radius 3 is 2.27 bits per heavy atom. The average Bonchev–Trinajstić information content (AvgIpc) is 1.87. The van der Waals surface area contributed by atoms with Crippen LogP contribution in [0.2, 0.25) is 0 Å². The van der Waals surface area contributed by atoms with Crippen molar-refractivity contribution < 1.29 is 19.4 Å². The van der Waals surface area contributed by atoms with Crippen LogP contribution in [0.25, 0.3) is 0 Å². The van der Waals surface area contributed by atoms with Gasteiger partial charge in [0.25, 0.3) is 0 Å². The number of rotatable bonds is 1. The van der Waals surface area contributed by atoms with E-state index in [1.165, 1.54) is 13.8 Å². The monoisotopic (exact) mass is 156 g/mol. The topological polar surface area (TPSA) is 63.6 Å². The number of carbonyl (C=O) groups excluding carboxylic acids is 1. The van der Waals surface area contributed by atoms with Crippen LogP contribution < -0.4 is 0 Å². The van der Waals surface area contributed by atoms with E-state index < -0.39 is 17.5 Å². The minimum absolute atomic E-state index is 1.16. The molecule has 0 aliphatic carbocycles. The Morgan fingerprint density at radius 2 is 2.00 bits per heavy atom. The molecule has 1 N–H and O–H groups in total. The molecular formula is C7H8O4. The van der Waals surface area contributed by atoms with Gasteiger partial charge < -0.3 is 9.84 Å². The molecule has 0 heterocycles. The van der Waals surface area contributed by atoms with Crippen LogP contribution in [0.4, 0.5) is 0 Å². The molecule has 0 aromatic carbocycles. The first kappa shape index (κ1) is 9.50. The van der Waals surface area contributed by atoms with E-state index in [2.05, 4.69) is 10.7 Å². The summed E-state index contributed by atoms with van der Waals surface area (Å²) in [6.45, 7) is 2.85. The molecule has 0 fully saturated rings. The van der Waals surface area contributed by atoms with Gasteiger partial charge in [0.2, 0.25) is 0 Å².